The third-order valence-electron chi connectivity index (χ3n) is 4.27. The van der Waals surface area contributed by atoms with Crippen LogP contribution in [-0.4, -0.2) is 25.8 Å². The van der Waals surface area contributed by atoms with Crippen molar-refractivity contribution in [3.05, 3.63) is 68.5 Å². The van der Waals surface area contributed by atoms with Gasteiger partial charge in [-0.05, 0) is 18.6 Å². The van der Waals surface area contributed by atoms with Crippen molar-refractivity contribution in [2.45, 2.75) is 18.4 Å². The van der Waals surface area contributed by atoms with Crippen LogP contribution in [0.25, 0.3) is 11.0 Å². The summed E-state index contributed by atoms with van der Waals surface area (Å²) >= 11 is 1.25. The second-order valence-corrected chi connectivity index (χ2v) is 7.28. The van der Waals surface area contributed by atoms with Gasteiger partial charge in [0.25, 0.3) is 5.56 Å². The highest BCUT2D eigenvalue weighted by atomic mass is 32.2. The number of carbonyl (C=O) groups excluding carboxylic acids is 1. The predicted octanol–water partition coefficient (Wildman–Crippen LogP) is 1.35. The average Bonchev–Trinajstić information content (AvgIpc) is 2.68. The summed E-state index contributed by atoms with van der Waals surface area (Å²) in [5.74, 6) is 0.0314. The van der Waals surface area contributed by atoms with Crippen LogP contribution in [0.15, 0.2) is 51.0 Å². The molecule has 140 valence electrons. The summed E-state index contributed by atoms with van der Waals surface area (Å²) in [5.41, 5.74) is 1.66. The average molecular weight is 384 g/mol. The van der Waals surface area contributed by atoms with Gasteiger partial charge in [-0.15, -0.1) is 11.8 Å². The van der Waals surface area contributed by atoms with Crippen LogP contribution in [0.2, 0.25) is 0 Å². The van der Waals surface area contributed by atoms with Gasteiger partial charge in [0.1, 0.15) is 5.65 Å². The normalized spacial score (nSPS) is 10.9. The van der Waals surface area contributed by atoms with E-state index in [-0.39, 0.29) is 11.7 Å². The van der Waals surface area contributed by atoms with Crippen LogP contribution in [0, 0.1) is 6.92 Å². The zero-order valence-electron chi connectivity index (χ0n) is 15.4. The fourth-order valence-corrected chi connectivity index (χ4v) is 3.55. The number of thioether (sulfide) groups is 1. The van der Waals surface area contributed by atoms with Crippen molar-refractivity contribution in [3.8, 4) is 0 Å². The first-order valence-electron chi connectivity index (χ1n) is 8.38. The maximum absolute atomic E-state index is 12.5. The number of pyridine rings is 1. The highest BCUT2D eigenvalue weighted by Gasteiger charge is 2.14. The summed E-state index contributed by atoms with van der Waals surface area (Å²) in [6, 6.07) is 9.64. The summed E-state index contributed by atoms with van der Waals surface area (Å²) in [6.45, 7) is 2.46. The standard InChI is InChI=1S/C19H20N4O3S/c1-12-4-6-13(7-5-12)10-21-15(24)11-27-14-8-9-20-17-16(14)18(25)23(3)19(26)22(17)2/h4-9H,10-11H2,1-3H3,(H,21,24). The lowest BCUT2D eigenvalue weighted by Crippen LogP contribution is -2.37. The van der Waals surface area contributed by atoms with Crippen molar-refractivity contribution < 1.29 is 4.79 Å². The van der Waals surface area contributed by atoms with Crippen molar-refractivity contribution in [1.82, 2.24) is 19.4 Å². The molecule has 0 spiro atoms. The SMILES string of the molecule is Cc1ccc(CNC(=O)CSc2ccnc3c2c(=O)n(C)c(=O)n3C)cc1. The molecule has 3 rings (SSSR count). The van der Waals surface area contributed by atoms with E-state index < -0.39 is 11.2 Å². The molecular weight excluding hydrogens is 364 g/mol. The number of rotatable bonds is 5. The summed E-state index contributed by atoms with van der Waals surface area (Å²) < 4.78 is 2.38. The molecule has 27 heavy (non-hydrogen) atoms. The van der Waals surface area contributed by atoms with Gasteiger partial charge < -0.3 is 5.32 Å². The first-order valence-corrected chi connectivity index (χ1v) is 9.37. The maximum atomic E-state index is 12.5. The van der Waals surface area contributed by atoms with E-state index in [1.165, 1.54) is 35.1 Å². The molecule has 0 aliphatic rings. The van der Waals surface area contributed by atoms with Gasteiger partial charge in [-0.3, -0.25) is 18.7 Å². The quantitative estimate of drug-likeness (QED) is 0.671. The molecule has 0 aliphatic heterocycles. The summed E-state index contributed by atoms with van der Waals surface area (Å²) in [7, 11) is 3.00. The Morgan fingerprint density at radius 1 is 1.11 bits per heavy atom. The summed E-state index contributed by atoms with van der Waals surface area (Å²) in [4.78, 5) is 41.5. The molecule has 3 aromatic rings. The number of hydrogen-bond donors (Lipinski definition) is 1. The molecule has 0 radical (unpaired) electrons. The van der Waals surface area contributed by atoms with Gasteiger partial charge in [0.05, 0.1) is 11.1 Å². The highest BCUT2D eigenvalue weighted by Crippen LogP contribution is 2.23. The Kier molecular flexibility index (Phi) is 5.46. The number of aromatic nitrogens is 3. The molecule has 0 atom stereocenters. The fraction of sp³-hybridized carbons (Fsp3) is 0.263. The maximum Gasteiger partial charge on any atom is 0.332 e. The number of carbonyl (C=O) groups is 1. The Morgan fingerprint density at radius 2 is 1.81 bits per heavy atom. The second-order valence-electron chi connectivity index (χ2n) is 6.26. The van der Waals surface area contributed by atoms with Crippen molar-refractivity contribution in [1.29, 1.82) is 0 Å². The van der Waals surface area contributed by atoms with E-state index in [9.17, 15) is 14.4 Å². The second kappa shape index (κ2) is 7.79. The Balaban J connectivity index is 1.75. The van der Waals surface area contributed by atoms with Crippen molar-refractivity contribution in [2.24, 2.45) is 14.1 Å². The largest absolute Gasteiger partial charge is 0.351 e. The molecule has 0 saturated carbocycles. The number of hydrogen-bond acceptors (Lipinski definition) is 5. The van der Waals surface area contributed by atoms with Gasteiger partial charge in [-0.25, -0.2) is 9.78 Å². The Morgan fingerprint density at radius 3 is 2.52 bits per heavy atom. The molecule has 1 amide bonds. The Hall–Kier alpha value is -2.87. The van der Waals surface area contributed by atoms with E-state index in [1.54, 1.807) is 13.1 Å². The summed E-state index contributed by atoms with van der Waals surface area (Å²) in [6.07, 6.45) is 1.54. The minimum absolute atomic E-state index is 0.132. The monoisotopic (exact) mass is 384 g/mol. The first-order chi connectivity index (χ1) is 12.9. The van der Waals surface area contributed by atoms with Crippen LogP contribution in [0.1, 0.15) is 11.1 Å². The Labute approximate surface area is 160 Å². The lowest BCUT2D eigenvalue weighted by Gasteiger charge is -2.10. The summed E-state index contributed by atoms with van der Waals surface area (Å²) in [5, 5.41) is 3.22. The topological polar surface area (TPSA) is 86.0 Å². The number of amides is 1. The number of benzene rings is 1. The van der Waals surface area contributed by atoms with E-state index >= 15 is 0 Å². The van der Waals surface area contributed by atoms with E-state index in [4.69, 9.17) is 0 Å². The van der Waals surface area contributed by atoms with Gasteiger partial charge >= 0.3 is 5.69 Å². The fourth-order valence-electron chi connectivity index (χ4n) is 2.68. The lowest BCUT2D eigenvalue weighted by molar-refractivity contribution is -0.118. The van der Waals surface area contributed by atoms with Gasteiger partial charge in [0.2, 0.25) is 5.91 Å². The molecule has 8 heteroatoms. The number of fused-ring (bicyclic) bond motifs is 1. The van der Waals surface area contributed by atoms with E-state index in [0.29, 0.717) is 22.5 Å². The van der Waals surface area contributed by atoms with Crippen molar-refractivity contribution in [3.63, 3.8) is 0 Å². The Bertz CT molecular complexity index is 1120. The molecule has 2 heterocycles. The van der Waals surface area contributed by atoms with E-state index in [2.05, 4.69) is 10.3 Å². The smallest absolute Gasteiger partial charge is 0.332 e. The third-order valence-corrected chi connectivity index (χ3v) is 5.33. The highest BCUT2D eigenvalue weighted by molar-refractivity contribution is 8.00. The minimum Gasteiger partial charge on any atom is -0.351 e. The van der Waals surface area contributed by atoms with E-state index in [1.807, 2.05) is 31.2 Å². The van der Waals surface area contributed by atoms with Crippen LogP contribution in [-0.2, 0) is 25.4 Å². The van der Waals surface area contributed by atoms with Gasteiger partial charge in [-0.2, -0.15) is 0 Å². The predicted molar refractivity (Wildman–Crippen MR) is 106 cm³/mol. The zero-order valence-corrected chi connectivity index (χ0v) is 16.2. The van der Waals surface area contributed by atoms with Crippen LogP contribution >= 0.6 is 11.8 Å². The molecule has 1 N–H and O–H groups in total. The molecule has 0 saturated heterocycles. The van der Waals surface area contributed by atoms with E-state index in [0.717, 1.165) is 10.1 Å². The van der Waals surface area contributed by atoms with Crippen molar-refractivity contribution in [2.75, 3.05) is 5.75 Å². The number of aryl methyl sites for hydroxylation is 2. The van der Waals surface area contributed by atoms with Crippen molar-refractivity contribution >= 4 is 28.7 Å². The first kappa shape index (κ1) is 18.9. The lowest BCUT2D eigenvalue weighted by atomic mass is 10.1. The van der Waals surface area contributed by atoms with Crippen LogP contribution in [0.5, 0.6) is 0 Å². The van der Waals surface area contributed by atoms with Gasteiger partial charge in [-0.1, -0.05) is 29.8 Å². The molecule has 0 aliphatic carbocycles. The molecule has 0 unspecified atom stereocenters. The van der Waals surface area contributed by atoms with Gasteiger partial charge in [0, 0.05) is 31.7 Å². The molecule has 2 aromatic heterocycles. The molecule has 7 nitrogen and oxygen atoms in total. The van der Waals surface area contributed by atoms with Crippen LogP contribution in [0.4, 0.5) is 0 Å². The molecular formula is C19H20N4O3S. The minimum atomic E-state index is -0.432. The third kappa shape index (κ3) is 3.95. The number of nitrogens with zero attached hydrogens (tertiary/aromatic N) is 3. The van der Waals surface area contributed by atoms with Crippen LogP contribution < -0.4 is 16.6 Å². The molecule has 1 aromatic carbocycles. The molecule has 0 bridgehead atoms. The molecule has 0 fully saturated rings. The number of nitrogens with one attached hydrogen (secondary N) is 1. The zero-order chi connectivity index (χ0) is 19.6. The van der Waals surface area contributed by atoms with Gasteiger partial charge in [0.15, 0.2) is 0 Å². The van der Waals surface area contributed by atoms with Crippen LogP contribution in [0.3, 0.4) is 0 Å².